The average Bonchev–Trinajstić information content (AvgIpc) is 1.57. The van der Waals surface area contributed by atoms with Crippen molar-refractivity contribution in [2.45, 2.75) is 142 Å². The van der Waals surface area contributed by atoms with Crippen LogP contribution >= 0.6 is 15.2 Å². The van der Waals surface area contributed by atoms with Crippen molar-refractivity contribution < 1.29 is 106 Å². The number of esters is 2. The molecule has 1 saturated heterocycles. The molecular weight excluding hydrogens is 1310 g/mol. The number of nitrogens with one attached hydrogen (secondary N) is 4. The van der Waals surface area contributed by atoms with Gasteiger partial charge in [0, 0.05) is 107 Å². The number of aliphatic hydroxyl groups excluding tert-OH is 1. The molecule has 30 nitrogen and oxygen atoms in total. The van der Waals surface area contributed by atoms with Gasteiger partial charge < -0.3 is 89.6 Å². The second kappa shape index (κ2) is 31.3. The molecule has 1 spiro atoms. The summed E-state index contributed by atoms with van der Waals surface area (Å²) >= 11 is 0. The van der Waals surface area contributed by atoms with Crippen LogP contribution < -0.4 is 36.7 Å². The Morgan fingerprint density at radius 3 is 2.08 bits per heavy atom. The lowest BCUT2D eigenvalue weighted by Crippen LogP contribution is -2.48. The molecule has 1 fully saturated rings. The Hall–Kier alpha value is -7.92. The number of aromatic hydroxyl groups is 2. The smallest absolute Gasteiger partial charge is 0.340 e. The van der Waals surface area contributed by atoms with Gasteiger partial charge in [0.15, 0.2) is 16.8 Å². The van der Waals surface area contributed by atoms with Crippen LogP contribution in [-0.2, 0) is 61.6 Å². The summed E-state index contributed by atoms with van der Waals surface area (Å²) in [6, 6.07) is 6.21. The van der Waals surface area contributed by atoms with Crippen LogP contribution in [0.25, 0.3) is 10.8 Å². The number of allylic oxidation sites excluding steroid dienone is 2. The number of fused-ring (bicyclic) bond motifs is 13. The number of anilines is 1. The number of rotatable bonds is 19. The largest absolute Gasteiger partial charge is 0.507 e. The lowest BCUT2D eigenvalue weighted by molar-refractivity contribution is -0.166. The number of aliphatic hydroxyl groups is 1. The number of benzene rings is 3. The predicted octanol–water partition coefficient (Wildman–Crippen LogP) is 3.31. The summed E-state index contributed by atoms with van der Waals surface area (Å²) < 4.78 is 53.8. The van der Waals surface area contributed by atoms with E-state index in [4.69, 9.17) is 33.7 Å². The molecule has 11 N–H and O–H groups in total. The van der Waals surface area contributed by atoms with Crippen LogP contribution in [0.5, 0.6) is 17.2 Å². The molecule has 97 heavy (non-hydrogen) atoms. The molecule has 8 rings (SSSR count). The summed E-state index contributed by atoms with van der Waals surface area (Å²) in [4.78, 5) is 161. The van der Waals surface area contributed by atoms with Gasteiger partial charge in [0.25, 0.3) is 11.7 Å². The third kappa shape index (κ3) is 17.9. The van der Waals surface area contributed by atoms with Crippen LogP contribution in [0.15, 0.2) is 76.5 Å². The number of phenols is 2. The molecule has 0 aromatic heterocycles. The van der Waals surface area contributed by atoms with Crippen LogP contribution in [0, 0.1) is 36.5 Å². The number of Topliss-reactive ketones (excluding diaryl/α,β-unsaturated/α-hetero) is 1. The summed E-state index contributed by atoms with van der Waals surface area (Å²) in [6.45, 7) is 16.2. The summed E-state index contributed by atoms with van der Waals surface area (Å²) in [5, 5.41) is 44.2. The number of ether oxygens (including phenoxy) is 5. The fourth-order valence-electron chi connectivity index (χ4n) is 12.5. The number of carbonyl (C=O) groups excluding carboxylic acids is 8. The Balaban J connectivity index is 1.16. The van der Waals surface area contributed by atoms with E-state index in [0.717, 1.165) is 11.4 Å². The summed E-state index contributed by atoms with van der Waals surface area (Å²) in [5.41, 5.74) is -0.906. The van der Waals surface area contributed by atoms with E-state index in [1.165, 1.54) is 78.5 Å². The molecule has 530 valence electrons. The maximum absolute atomic E-state index is 15.0. The molecule has 0 radical (unpaired) electrons. The topological polar surface area (TPSA) is 438 Å². The zero-order valence-electron chi connectivity index (χ0n) is 56.1. The Morgan fingerprint density at radius 2 is 1.47 bits per heavy atom. The average molecular weight is 1400 g/mol. The highest BCUT2D eigenvalue weighted by atomic mass is 31.2. The molecule has 10 atom stereocenters. The molecule has 5 aliphatic heterocycles. The molecule has 0 unspecified atom stereocenters. The van der Waals surface area contributed by atoms with Gasteiger partial charge in [-0.15, -0.1) is 0 Å². The number of hydrogen-bond acceptors (Lipinski definition) is 21. The minimum absolute atomic E-state index is 0.0371. The molecule has 0 saturated carbocycles. The second-order valence-corrected chi connectivity index (χ2v) is 29.8. The number of amides is 5. The van der Waals surface area contributed by atoms with Gasteiger partial charge in [-0.1, -0.05) is 90.1 Å². The number of likely N-dealkylation sites (N-methyl/N-ethyl adjacent to an activating group) is 1. The number of phenolic OH excluding ortho intramolecular Hbond substituents is 2. The summed E-state index contributed by atoms with van der Waals surface area (Å²) in [5.74, 6) is -13.1. The first kappa shape index (κ1) is 76.4. The van der Waals surface area contributed by atoms with E-state index >= 15 is 4.79 Å². The molecule has 5 bridgehead atoms. The number of piperidine rings is 1. The van der Waals surface area contributed by atoms with Crippen molar-refractivity contribution in [3.8, 4) is 17.2 Å². The zero-order chi connectivity index (χ0) is 72.0. The highest BCUT2D eigenvalue weighted by molar-refractivity contribution is 7.70. The van der Waals surface area contributed by atoms with Crippen molar-refractivity contribution in [3.05, 3.63) is 93.9 Å². The number of nitrogens with zero attached hydrogens (tertiary/aromatic N) is 4. The van der Waals surface area contributed by atoms with Crippen LogP contribution in [0.4, 0.5) is 5.69 Å². The SMILES string of the molecule is CO[C@H]1/C=C/O[C@@]2(C)Oc3c(C)c(O)c4c(O)c(c5c(c4c3C2=O)=NC2(CCN(CC(C)C)CC2)N=5)NC(=O)/C(C)=C\C=C\[C@H](C)[C@H](OC(=O)CN(C)C(=O)CNC(=O)[C@H](NC(=O)CNC(=O)CCC(P(=O)(O)O)P(=O)(O)O)c2ccccc2)[C@@H](C)[C@@H](O)[C@@H](C)[C@H](OC(C)=O)[C@@H]1C. The Bertz CT molecular complexity index is 3840. The van der Waals surface area contributed by atoms with Gasteiger partial charge in [-0.25, -0.2) is 0 Å². The first-order valence-electron chi connectivity index (χ1n) is 31.6. The summed E-state index contributed by atoms with van der Waals surface area (Å²) in [7, 11) is -8.02. The molecular formula is C65H88N8O22P2. The van der Waals surface area contributed by atoms with Crippen molar-refractivity contribution in [1.29, 1.82) is 0 Å². The monoisotopic (exact) mass is 1390 g/mol. The highest BCUT2D eigenvalue weighted by Gasteiger charge is 2.51. The van der Waals surface area contributed by atoms with E-state index in [1.807, 2.05) is 0 Å². The number of ketones is 1. The molecule has 5 amide bonds. The standard InChI is InChI=1S/C65H88N8O22P2/c1-33(2)31-73-26-24-65(25-27-73)70-52-48-49-56(80)39(8)60-50(48)61(82)64(10,95-60)92-28-23-42(91-12)36(5)59(93-40(9)74)38(7)55(79)37(6)58(34(3)17-16-18-35(4)62(83)69-54(57(49)81)53(52)71-65)94-46(78)32-72(11)45(77)30-67-63(84)51(41-19-14-13-15-20-41)68-44(76)29-66-43(75)21-22-47(96(85,86)87)97(88,89)90/h13-20,23,28,33-34,36-38,42,47,51,55,58-59,79-81H,21-22,24-27,29-32H2,1-12H3,(H,66,75)(H,67,84)(H,68,76)(H,69,83)(H2,85,86,87)(H2,88,89,90)/b17-16+,28-23+,35-18-/t34-,36+,37-,38+,42-,51+,55+,58-,59+,64-/m0/s1. The molecule has 32 heteroatoms. The molecule has 5 heterocycles. The highest BCUT2D eigenvalue weighted by Crippen LogP contribution is 2.61. The van der Waals surface area contributed by atoms with E-state index in [9.17, 15) is 77.6 Å². The van der Waals surface area contributed by atoms with Crippen molar-refractivity contribution in [2.75, 3.05) is 58.7 Å². The van der Waals surface area contributed by atoms with E-state index < -0.39 is 177 Å². The quantitative estimate of drug-likeness (QED) is 0.0466. The minimum atomic E-state index is -5.33. The van der Waals surface area contributed by atoms with Crippen LogP contribution in [-0.4, -0.2) is 187 Å². The third-order valence-corrected chi connectivity index (χ3v) is 21.7. The van der Waals surface area contributed by atoms with Gasteiger partial charge >= 0.3 is 32.9 Å². The molecule has 3 aromatic rings. The molecule has 5 aliphatic rings. The first-order valence-corrected chi connectivity index (χ1v) is 35.0. The first-order chi connectivity index (χ1) is 45.3. The fourth-order valence-corrected chi connectivity index (χ4v) is 15.0. The third-order valence-electron chi connectivity index (χ3n) is 17.9. The van der Waals surface area contributed by atoms with Gasteiger partial charge in [0.05, 0.1) is 47.9 Å². The summed E-state index contributed by atoms with van der Waals surface area (Å²) in [6.07, 6.45) is 1.67. The van der Waals surface area contributed by atoms with Gasteiger partial charge in [0.2, 0.25) is 23.6 Å². The second-order valence-electron chi connectivity index (χ2n) is 25.8. The Kier molecular flexibility index (Phi) is 24.7. The van der Waals surface area contributed by atoms with E-state index in [0.29, 0.717) is 31.8 Å². The fraction of sp³-hybridized carbons (Fsp3) is 0.538. The van der Waals surface area contributed by atoms with Crippen molar-refractivity contribution in [1.82, 2.24) is 25.8 Å². The lowest BCUT2D eigenvalue weighted by Gasteiger charge is -2.39. The maximum Gasteiger partial charge on any atom is 0.340 e. The molecule has 0 aliphatic carbocycles. The number of likely N-dealkylation sites (tertiary alicyclic amines) is 1. The van der Waals surface area contributed by atoms with Crippen LogP contribution in [0.1, 0.15) is 116 Å². The normalized spacial score (nSPS) is 25.3. The number of methoxy groups -OCH3 is 1. The van der Waals surface area contributed by atoms with E-state index in [1.54, 1.807) is 52.0 Å². The lowest BCUT2D eigenvalue weighted by atomic mass is 9.78. The van der Waals surface area contributed by atoms with Crippen molar-refractivity contribution in [3.63, 3.8) is 0 Å². The minimum Gasteiger partial charge on any atom is -0.507 e. The number of carbonyl (C=O) groups is 8. The van der Waals surface area contributed by atoms with Gasteiger partial charge in [-0.2, -0.15) is 0 Å². The van der Waals surface area contributed by atoms with Crippen LogP contribution in [0.2, 0.25) is 0 Å². The van der Waals surface area contributed by atoms with Gasteiger partial charge in [0.1, 0.15) is 47.3 Å². The zero-order valence-corrected chi connectivity index (χ0v) is 57.9. The maximum atomic E-state index is 15.0. The van der Waals surface area contributed by atoms with Gasteiger partial charge in [-0.05, 0) is 37.8 Å². The molecule has 3 aromatic carbocycles. The Morgan fingerprint density at radius 1 is 0.845 bits per heavy atom. The Labute approximate surface area is 560 Å². The van der Waals surface area contributed by atoms with E-state index in [2.05, 4.69) is 40.0 Å². The number of hydrogen-bond donors (Lipinski definition) is 11. The van der Waals surface area contributed by atoms with Crippen LogP contribution in [0.3, 0.4) is 0 Å². The predicted molar refractivity (Wildman–Crippen MR) is 350 cm³/mol. The van der Waals surface area contributed by atoms with E-state index in [-0.39, 0.29) is 55.2 Å². The van der Waals surface area contributed by atoms with Gasteiger partial charge in [-0.3, -0.25) is 57.5 Å². The van der Waals surface area contributed by atoms with Crippen molar-refractivity contribution >= 4 is 78.9 Å². The van der Waals surface area contributed by atoms with Crippen molar-refractivity contribution in [2.24, 2.45) is 39.6 Å².